The molecular weight excluding hydrogens is 445 g/mol. The highest BCUT2D eigenvalue weighted by atomic mass is 79.9. The zero-order chi connectivity index (χ0) is 15.8. The normalized spacial score (nSPS) is 11.7. The van der Waals surface area contributed by atoms with Crippen molar-refractivity contribution >= 4 is 62.7 Å². The van der Waals surface area contributed by atoms with Crippen LogP contribution < -0.4 is 11.2 Å². The maximum Gasteiger partial charge on any atom is 0.234 e. The van der Waals surface area contributed by atoms with Gasteiger partial charge in [-0.1, -0.05) is 56.1 Å². The van der Waals surface area contributed by atoms with Crippen molar-refractivity contribution < 1.29 is 0 Å². The van der Waals surface area contributed by atoms with E-state index in [2.05, 4.69) is 52.6 Å². The first-order valence-electron chi connectivity index (χ1n) is 6.30. The Labute approximate surface area is 157 Å². The molecule has 2 aromatic rings. The Bertz CT molecular complexity index is 697. The van der Waals surface area contributed by atoms with Gasteiger partial charge in [0, 0.05) is 8.95 Å². The first-order valence-corrected chi connectivity index (χ1v) is 7.89. The third kappa shape index (κ3) is 7.40. The molecule has 2 rings (SSSR count). The quantitative estimate of drug-likeness (QED) is 0.413. The lowest BCUT2D eigenvalue weighted by molar-refractivity contribution is 0.994. The molecule has 23 heavy (non-hydrogen) atoms. The number of nitrogens with two attached hydrogens (primary N) is 1. The van der Waals surface area contributed by atoms with Crippen LogP contribution in [0.5, 0.6) is 0 Å². The molecule has 0 heterocycles. The van der Waals surface area contributed by atoms with Gasteiger partial charge in [-0.05, 0) is 35.4 Å². The van der Waals surface area contributed by atoms with Crippen LogP contribution >= 0.6 is 44.3 Å². The van der Waals surface area contributed by atoms with E-state index in [-0.39, 0.29) is 18.4 Å². The molecule has 0 unspecified atom stereocenters. The molecule has 0 saturated carbocycles. The first kappa shape index (κ1) is 19.3. The van der Waals surface area contributed by atoms with E-state index in [0.717, 1.165) is 20.1 Å². The maximum absolute atomic E-state index is 5.65. The summed E-state index contributed by atoms with van der Waals surface area (Å²) in [4.78, 5) is 0. The molecule has 0 spiro atoms. The highest BCUT2D eigenvalue weighted by molar-refractivity contribution is 9.10. The van der Waals surface area contributed by atoms with E-state index in [1.54, 1.807) is 12.4 Å². The molecule has 0 saturated heterocycles. The number of guanidine groups is 1. The molecule has 2 aromatic carbocycles. The minimum Gasteiger partial charge on any atom is -0.367 e. The van der Waals surface area contributed by atoms with Crippen molar-refractivity contribution in [2.45, 2.75) is 0 Å². The summed E-state index contributed by atoms with van der Waals surface area (Å²) < 4.78 is 2.03. The Morgan fingerprint density at radius 2 is 1.35 bits per heavy atom. The monoisotopic (exact) mass is 457 g/mol. The maximum atomic E-state index is 5.65. The van der Waals surface area contributed by atoms with Crippen LogP contribution in [-0.4, -0.2) is 18.4 Å². The number of nitrogens with one attached hydrogen (secondary N) is 1. The van der Waals surface area contributed by atoms with Crippen molar-refractivity contribution in [2.24, 2.45) is 21.0 Å². The molecule has 0 bridgehead atoms. The van der Waals surface area contributed by atoms with Gasteiger partial charge in [0.25, 0.3) is 0 Å². The first-order chi connectivity index (χ1) is 10.6. The number of halogens is 3. The minimum absolute atomic E-state index is 0. The van der Waals surface area contributed by atoms with Crippen LogP contribution in [-0.2, 0) is 0 Å². The molecule has 5 nitrogen and oxygen atoms in total. The number of benzene rings is 2. The SMILES string of the molecule is Cl.NC(=NN=Cc1ccc(Br)cc1)NN=Cc1ccc(Br)cc1. The Kier molecular flexibility index (Phi) is 8.53. The summed E-state index contributed by atoms with van der Waals surface area (Å²) in [5.41, 5.74) is 10.1. The highest BCUT2D eigenvalue weighted by Gasteiger charge is 1.90. The van der Waals surface area contributed by atoms with Crippen LogP contribution in [0.15, 0.2) is 72.8 Å². The Hall–Kier alpha value is -1.70. The van der Waals surface area contributed by atoms with E-state index < -0.39 is 0 Å². The van der Waals surface area contributed by atoms with Gasteiger partial charge in [0.1, 0.15) is 0 Å². The fraction of sp³-hybridized carbons (Fsp3) is 0. The summed E-state index contributed by atoms with van der Waals surface area (Å²) in [5.74, 6) is 0.113. The number of rotatable bonds is 4. The smallest absolute Gasteiger partial charge is 0.234 e. The summed E-state index contributed by atoms with van der Waals surface area (Å²) in [5, 5.41) is 11.7. The molecule has 0 aliphatic rings. The second kappa shape index (κ2) is 10.1. The van der Waals surface area contributed by atoms with Gasteiger partial charge in [-0.15, -0.1) is 17.5 Å². The fourth-order valence-corrected chi connectivity index (χ4v) is 1.98. The fourth-order valence-electron chi connectivity index (χ4n) is 1.45. The highest BCUT2D eigenvalue weighted by Crippen LogP contribution is 2.09. The molecule has 3 N–H and O–H groups in total. The lowest BCUT2D eigenvalue weighted by atomic mass is 10.2. The predicted octanol–water partition coefficient (Wildman–Crippen LogP) is 3.91. The average molecular weight is 460 g/mol. The van der Waals surface area contributed by atoms with E-state index in [9.17, 15) is 0 Å². The topological polar surface area (TPSA) is 75.1 Å². The van der Waals surface area contributed by atoms with Gasteiger partial charge in [-0.3, -0.25) is 0 Å². The van der Waals surface area contributed by atoms with Gasteiger partial charge >= 0.3 is 0 Å². The molecule has 0 aliphatic carbocycles. The van der Waals surface area contributed by atoms with Crippen LogP contribution in [0, 0.1) is 0 Å². The van der Waals surface area contributed by atoms with Crippen molar-refractivity contribution in [1.29, 1.82) is 0 Å². The van der Waals surface area contributed by atoms with E-state index in [1.807, 2.05) is 48.5 Å². The molecule has 0 aromatic heterocycles. The van der Waals surface area contributed by atoms with Crippen molar-refractivity contribution in [3.8, 4) is 0 Å². The van der Waals surface area contributed by atoms with E-state index in [4.69, 9.17) is 5.73 Å². The summed E-state index contributed by atoms with van der Waals surface area (Å²) in [6.45, 7) is 0. The number of hydrogen-bond donors (Lipinski definition) is 2. The van der Waals surface area contributed by atoms with Gasteiger partial charge in [0.15, 0.2) is 0 Å². The second-order valence-corrected chi connectivity index (χ2v) is 6.03. The lowest BCUT2D eigenvalue weighted by Gasteiger charge is -1.96. The van der Waals surface area contributed by atoms with Crippen molar-refractivity contribution in [3.05, 3.63) is 68.6 Å². The van der Waals surface area contributed by atoms with Crippen molar-refractivity contribution in [1.82, 2.24) is 5.43 Å². The van der Waals surface area contributed by atoms with Gasteiger partial charge in [0.2, 0.25) is 5.96 Å². The van der Waals surface area contributed by atoms with Crippen LogP contribution in [0.25, 0.3) is 0 Å². The molecule has 8 heteroatoms. The Morgan fingerprint density at radius 1 is 0.870 bits per heavy atom. The standard InChI is InChI=1S/C15H13Br2N5.ClH/c16-13-5-1-11(2-6-13)9-19-21-15(18)22-20-10-12-3-7-14(17)8-4-12;/h1-10H,(H3,18,21,22);1H. The van der Waals surface area contributed by atoms with E-state index in [0.29, 0.717) is 0 Å². The van der Waals surface area contributed by atoms with Crippen LogP contribution in [0.1, 0.15) is 11.1 Å². The molecule has 0 radical (unpaired) electrons. The van der Waals surface area contributed by atoms with Crippen molar-refractivity contribution in [2.75, 3.05) is 0 Å². The third-order valence-corrected chi connectivity index (χ3v) is 3.56. The summed E-state index contributed by atoms with van der Waals surface area (Å²) in [6, 6.07) is 15.4. The molecule has 0 atom stereocenters. The summed E-state index contributed by atoms with van der Waals surface area (Å²) in [6.07, 6.45) is 3.26. The predicted molar refractivity (Wildman–Crippen MR) is 105 cm³/mol. The number of hydrazone groups is 1. The van der Waals surface area contributed by atoms with Gasteiger partial charge in [-0.2, -0.15) is 10.2 Å². The Morgan fingerprint density at radius 3 is 1.87 bits per heavy atom. The van der Waals surface area contributed by atoms with E-state index >= 15 is 0 Å². The minimum atomic E-state index is 0. The third-order valence-electron chi connectivity index (χ3n) is 2.51. The van der Waals surface area contributed by atoms with Crippen LogP contribution in [0.3, 0.4) is 0 Å². The van der Waals surface area contributed by atoms with E-state index in [1.165, 1.54) is 0 Å². The second-order valence-electron chi connectivity index (χ2n) is 4.20. The zero-order valence-corrected chi connectivity index (χ0v) is 15.8. The number of nitrogens with zero attached hydrogens (tertiary/aromatic N) is 3. The molecule has 0 fully saturated rings. The van der Waals surface area contributed by atoms with Crippen molar-refractivity contribution in [3.63, 3.8) is 0 Å². The number of hydrogen-bond acceptors (Lipinski definition) is 3. The molecule has 0 amide bonds. The Balaban J connectivity index is 0.00000264. The van der Waals surface area contributed by atoms with Crippen LogP contribution in [0.2, 0.25) is 0 Å². The average Bonchev–Trinajstić information content (AvgIpc) is 2.51. The zero-order valence-electron chi connectivity index (χ0n) is 11.9. The summed E-state index contributed by atoms with van der Waals surface area (Å²) >= 11 is 6.74. The summed E-state index contributed by atoms with van der Waals surface area (Å²) in [7, 11) is 0. The molecule has 120 valence electrons. The van der Waals surface area contributed by atoms with Gasteiger partial charge in [0.05, 0.1) is 12.4 Å². The van der Waals surface area contributed by atoms with Crippen LogP contribution in [0.4, 0.5) is 0 Å². The largest absolute Gasteiger partial charge is 0.367 e. The van der Waals surface area contributed by atoms with Gasteiger partial charge < -0.3 is 5.73 Å². The van der Waals surface area contributed by atoms with Gasteiger partial charge in [-0.25, -0.2) is 5.43 Å². The molecule has 0 aliphatic heterocycles. The lowest BCUT2D eigenvalue weighted by Crippen LogP contribution is -2.26. The molecular formula is C15H14Br2ClN5.